The molecule has 1 aromatic heterocycles. The standard InChI is InChI=1S/C10H15N3O/c11-5-8-2-1-3-13(8)9-4-10(14)7-12-6-9/h4,6-8,14H,1-3,5,11H2/t8-/m1/s1. The Hall–Kier alpha value is -1.29. The molecule has 14 heavy (non-hydrogen) atoms. The second kappa shape index (κ2) is 3.84. The molecule has 1 aliphatic rings. The fourth-order valence-electron chi connectivity index (χ4n) is 1.99. The largest absolute Gasteiger partial charge is 0.506 e. The van der Waals surface area contributed by atoms with Crippen LogP contribution in [0.25, 0.3) is 0 Å². The topological polar surface area (TPSA) is 62.4 Å². The van der Waals surface area contributed by atoms with Crippen LogP contribution in [0.5, 0.6) is 5.75 Å². The first-order chi connectivity index (χ1) is 6.81. The summed E-state index contributed by atoms with van der Waals surface area (Å²) >= 11 is 0. The molecule has 1 atom stereocenters. The molecule has 0 unspecified atom stereocenters. The third kappa shape index (κ3) is 1.65. The number of pyridine rings is 1. The van der Waals surface area contributed by atoms with Crippen molar-refractivity contribution in [1.82, 2.24) is 4.98 Å². The Morgan fingerprint density at radius 1 is 1.57 bits per heavy atom. The molecule has 0 bridgehead atoms. The Bertz CT molecular complexity index is 316. The van der Waals surface area contributed by atoms with E-state index in [1.54, 1.807) is 12.3 Å². The first-order valence-electron chi connectivity index (χ1n) is 4.92. The maximum atomic E-state index is 9.31. The molecule has 1 saturated heterocycles. The second-order valence-electron chi connectivity index (χ2n) is 3.63. The first-order valence-corrected chi connectivity index (χ1v) is 4.92. The predicted octanol–water partition coefficient (Wildman–Crippen LogP) is 0.715. The van der Waals surface area contributed by atoms with E-state index < -0.39 is 0 Å². The highest BCUT2D eigenvalue weighted by atomic mass is 16.3. The number of hydrogen-bond acceptors (Lipinski definition) is 4. The van der Waals surface area contributed by atoms with Crippen LogP contribution < -0.4 is 10.6 Å². The van der Waals surface area contributed by atoms with Gasteiger partial charge in [-0.1, -0.05) is 0 Å². The van der Waals surface area contributed by atoms with Crippen LogP contribution in [0.4, 0.5) is 5.69 Å². The predicted molar refractivity (Wildman–Crippen MR) is 55.3 cm³/mol. The van der Waals surface area contributed by atoms with Crippen molar-refractivity contribution < 1.29 is 5.11 Å². The summed E-state index contributed by atoms with van der Waals surface area (Å²) in [4.78, 5) is 6.18. The van der Waals surface area contributed by atoms with Gasteiger partial charge in [-0.3, -0.25) is 4.98 Å². The van der Waals surface area contributed by atoms with E-state index in [0.717, 1.165) is 25.1 Å². The molecule has 0 amide bonds. The van der Waals surface area contributed by atoms with E-state index in [1.165, 1.54) is 6.20 Å². The fraction of sp³-hybridized carbons (Fsp3) is 0.500. The Balaban J connectivity index is 2.21. The van der Waals surface area contributed by atoms with Gasteiger partial charge in [0.25, 0.3) is 0 Å². The summed E-state index contributed by atoms with van der Waals surface area (Å²) in [7, 11) is 0. The lowest BCUT2D eigenvalue weighted by Crippen LogP contribution is -2.35. The molecule has 2 heterocycles. The maximum Gasteiger partial charge on any atom is 0.135 e. The van der Waals surface area contributed by atoms with Crippen molar-refractivity contribution in [3.05, 3.63) is 18.5 Å². The third-order valence-electron chi connectivity index (χ3n) is 2.69. The van der Waals surface area contributed by atoms with Gasteiger partial charge in [-0.15, -0.1) is 0 Å². The van der Waals surface area contributed by atoms with Gasteiger partial charge in [-0.25, -0.2) is 0 Å². The SMILES string of the molecule is NC[C@H]1CCCN1c1cncc(O)c1. The van der Waals surface area contributed by atoms with Crippen molar-refractivity contribution in [2.24, 2.45) is 5.73 Å². The maximum absolute atomic E-state index is 9.31. The third-order valence-corrected chi connectivity index (χ3v) is 2.69. The van der Waals surface area contributed by atoms with Crippen molar-refractivity contribution in [3.63, 3.8) is 0 Å². The van der Waals surface area contributed by atoms with Gasteiger partial charge < -0.3 is 15.7 Å². The molecule has 0 radical (unpaired) electrons. The van der Waals surface area contributed by atoms with Gasteiger partial charge >= 0.3 is 0 Å². The van der Waals surface area contributed by atoms with Crippen LogP contribution in [0.3, 0.4) is 0 Å². The van der Waals surface area contributed by atoms with E-state index in [2.05, 4.69) is 9.88 Å². The molecule has 0 spiro atoms. The monoisotopic (exact) mass is 193 g/mol. The molecule has 1 fully saturated rings. The summed E-state index contributed by atoms with van der Waals surface area (Å²) in [5.74, 6) is 0.213. The average molecular weight is 193 g/mol. The second-order valence-corrected chi connectivity index (χ2v) is 3.63. The molecule has 0 aliphatic carbocycles. The lowest BCUT2D eigenvalue weighted by atomic mass is 10.2. The van der Waals surface area contributed by atoms with Crippen molar-refractivity contribution in [2.45, 2.75) is 18.9 Å². The van der Waals surface area contributed by atoms with Gasteiger partial charge in [0, 0.05) is 25.2 Å². The number of nitrogens with zero attached hydrogens (tertiary/aromatic N) is 2. The Morgan fingerprint density at radius 3 is 3.14 bits per heavy atom. The number of aromatic nitrogens is 1. The lowest BCUT2D eigenvalue weighted by molar-refractivity contribution is 0.472. The van der Waals surface area contributed by atoms with Gasteiger partial charge in [0.05, 0.1) is 18.1 Å². The van der Waals surface area contributed by atoms with E-state index in [9.17, 15) is 5.11 Å². The minimum absolute atomic E-state index is 0.213. The van der Waals surface area contributed by atoms with Crippen molar-refractivity contribution >= 4 is 5.69 Å². The quantitative estimate of drug-likeness (QED) is 0.726. The highest BCUT2D eigenvalue weighted by Gasteiger charge is 2.23. The highest BCUT2D eigenvalue weighted by molar-refractivity contribution is 5.49. The molecular weight excluding hydrogens is 178 g/mol. The van der Waals surface area contributed by atoms with Crippen LogP contribution >= 0.6 is 0 Å². The Morgan fingerprint density at radius 2 is 2.43 bits per heavy atom. The molecule has 76 valence electrons. The van der Waals surface area contributed by atoms with Gasteiger partial charge in [0.1, 0.15) is 5.75 Å². The summed E-state index contributed by atoms with van der Waals surface area (Å²) in [6.07, 6.45) is 5.51. The summed E-state index contributed by atoms with van der Waals surface area (Å²) in [5, 5.41) is 9.31. The molecule has 4 nitrogen and oxygen atoms in total. The zero-order chi connectivity index (χ0) is 9.97. The van der Waals surface area contributed by atoms with Gasteiger partial charge in [-0.05, 0) is 12.8 Å². The van der Waals surface area contributed by atoms with Gasteiger partial charge in [0.15, 0.2) is 0 Å². The number of anilines is 1. The van der Waals surface area contributed by atoms with E-state index in [4.69, 9.17) is 5.73 Å². The van der Waals surface area contributed by atoms with Gasteiger partial charge in [0.2, 0.25) is 0 Å². The van der Waals surface area contributed by atoms with E-state index in [-0.39, 0.29) is 5.75 Å². The molecule has 1 aliphatic heterocycles. The van der Waals surface area contributed by atoms with E-state index >= 15 is 0 Å². The van der Waals surface area contributed by atoms with Crippen LogP contribution in [0, 0.1) is 0 Å². The zero-order valence-electron chi connectivity index (χ0n) is 8.06. The Kier molecular flexibility index (Phi) is 2.54. The summed E-state index contributed by atoms with van der Waals surface area (Å²) < 4.78 is 0. The fourth-order valence-corrected chi connectivity index (χ4v) is 1.99. The number of aromatic hydroxyl groups is 1. The molecular formula is C10H15N3O. The molecule has 3 N–H and O–H groups in total. The molecule has 0 aromatic carbocycles. The number of hydrogen-bond donors (Lipinski definition) is 2. The minimum Gasteiger partial charge on any atom is -0.506 e. The first kappa shape index (κ1) is 9.27. The van der Waals surface area contributed by atoms with E-state index in [1.807, 2.05) is 0 Å². The summed E-state index contributed by atoms with van der Waals surface area (Å²) in [6, 6.07) is 2.14. The van der Waals surface area contributed by atoms with Crippen LogP contribution in [0.15, 0.2) is 18.5 Å². The normalized spacial score (nSPS) is 21.5. The zero-order valence-corrected chi connectivity index (χ0v) is 8.06. The van der Waals surface area contributed by atoms with Crippen molar-refractivity contribution in [1.29, 1.82) is 0 Å². The molecule has 1 aromatic rings. The van der Waals surface area contributed by atoms with Crippen LogP contribution in [-0.2, 0) is 0 Å². The smallest absolute Gasteiger partial charge is 0.135 e. The average Bonchev–Trinajstić information content (AvgIpc) is 2.65. The van der Waals surface area contributed by atoms with Crippen molar-refractivity contribution in [2.75, 3.05) is 18.0 Å². The summed E-state index contributed by atoms with van der Waals surface area (Å²) in [5.41, 5.74) is 6.65. The Labute approximate surface area is 83.4 Å². The van der Waals surface area contributed by atoms with E-state index in [0.29, 0.717) is 12.6 Å². The molecule has 4 heteroatoms. The highest BCUT2D eigenvalue weighted by Crippen LogP contribution is 2.26. The minimum atomic E-state index is 0.213. The van der Waals surface area contributed by atoms with Gasteiger partial charge in [-0.2, -0.15) is 0 Å². The molecule has 0 saturated carbocycles. The molecule has 2 rings (SSSR count). The number of rotatable bonds is 2. The van der Waals surface area contributed by atoms with Crippen LogP contribution in [0.1, 0.15) is 12.8 Å². The van der Waals surface area contributed by atoms with Crippen molar-refractivity contribution in [3.8, 4) is 5.75 Å². The number of nitrogens with two attached hydrogens (primary N) is 1. The lowest BCUT2D eigenvalue weighted by Gasteiger charge is -2.25. The van der Waals surface area contributed by atoms with Crippen LogP contribution in [-0.4, -0.2) is 29.2 Å². The van der Waals surface area contributed by atoms with Crippen LogP contribution in [0.2, 0.25) is 0 Å². The summed E-state index contributed by atoms with van der Waals surface area (Å²) in [6.45, 7) is 1.67.